The van der Waals surface area contributed by atoms with Gasteiger partial charge in [-0.1, -0.05) is 6.08 Å². The van der Waals surface area contributed by atoms with Gasteiger partial charge in [0.2, 0.25) is 0 Å². The Morgan fingerprint density at radius 3 is 2.46 bits per heavy atom. The van der Waals surface area contributed by atoms with Gasteiger partial charge >= 0.3 is 6.61 Å². The Morgan fingerprint density at radius 2 is 1.88 bits per heavy atom. The summed E-state index contributed by atoms with van der Waals surface area (Å²) >= 11 is 5.69. The molecule has 2 aromatic rings. The van der Waals surface area contributed by atoms with Crippen molar-refractivity contribution in [1.82, 2.24) is 0 Å². The molecule has 26 heavy (non-hydrogen) atoms. The number of aryl methyl sites for hydroxylation is 3. The Balaban J connectivity index is 2.21. The number of ketones is 1. The van der Waals surface area contributed by atoms with Crippen molar-refractivity contribution in [2.75, 3.05) is 5.88 Å². The lowest BCUT2D eigenvalue weighted by atomic mass is 10.0. The first-order valence-electron chi connectivity index (χ1n) is 7.98. The largest absolute Gasteiger partial charge is 0.508 e. The molecule has 1 N–H and O–H groups in total. The number of rotatable bonds is 7. The number of benzene rings is 2. The third kappa shape index (κ3) is 5.05. The standard InChI is InChI=1S/C20H19ClF2O3/c1-12-9-14(10-13(2)19(12)26-20(22)23)3-5-17(24)15-4-6-18(25)16(11-15)7-8-21/h3-6,9-11,20,25H,7-8H2,1-2H3. The van der Waals surface area contributed by atoms with Crippen LogP contribution >= 0.6 is 11.6 Å². The summed E-state index contributed by atoms with van der Waals surface area (Å²) in [5.41, 5.74) is 2.87. The number of alkyl halides is 3. The number of ether oxygens (including phenoxy) is 1. The fourth-order valence-electron chi connectivity index (χ4n) is 2.66. The van der Waals surface area contributed by atoms with Gasteiger partial charge in [-0.15, -0.1) is 11.6 Å². The summed E-state index contributed by atoms with van der Waals surface area (Å²) < 4.78 is 29.4. The number of aromatic hydroxyl groups is 1. The number of allylic oxidation sites excluding steroid dienone is 1. The molecule has 0 radical (unpaired) electrons. The van der Waals surface area contributed by atoms with Gasteiger partial charge in [0, 0.05) is 11.4 Å². The van der Waals surface area contributed by atoms with Crippen LogP contribution in [0.1, 0.15) is 32.6 Å². The summed E-state index contributed by atoms with van der Waals surface area (Å²) in [5, 5.41) is 9.75. The van der Waals surface area contributed by atoms with Crippen LogP contribution in [-0.4, -0.2) is 23.4 Å². The first-order chi connectivity index (χ1) is 12.3. The van der Waals surface area contributed by atoms with Gasteiger partial charge in [-0.05, 0) is 78.9 Å². The van der Waals surface area contributed by atoms with Crippen LogP contribution in [0.3, 0.4) is 0 Å². The highest BCUT2D eigenvalue weighted by atomic mass is 35.5. The Bertz CT molecular complexity index is 809. The molecular weight excluding hydrogens is 362 g/mol. The van der Waals surface area contributed by atoms with Crippen LogP contribution < -0.4 is 4.74 Å². The summed E-state index contributed by atoms with van der Waals surface area (Å²) in [6, 6.07) is 7.96. The summed E-state index contributed by atoms with van der Waals surface area (Å²) in [7, 11) is 0. The molecule has 3 nitrogen and oxygen atoms in total. The van der Waals surface area contributed by atoms with Gasteiger partial charge in [0.25, 0.3) is 0 Å². The van der Waals surface area contributed by atoms with E-state index in [4.69, 9.17) is 11.6 Å². The van der Waals surface area contributed by atoms with Crippen molar-refractivity contribution in [3.63, 3.8) is 0 Å². The molecule has 0 atom stereocenters. The molecule has 0 bridgehead atoms. The van der Waals surface area contributed by atoms with E-state index >= 15 is 0 Å². The van der Waals surface area contributed by atoms with E-state index in [1.807, 2.05) is 0 Å². The van der Waals surface area contributed by atoms with E-state index < -0.39 is 6.61 Å². The van der Waals surface area contributed by atoms with Gasteiger partial charge in [-0.3, -0.25) is 4.79 Å². The first kappa shape index (κ1) is 19.9. The molecule has 0 spiro atoms. The average Bonchev–Trinajstić information content (AvgIpc) is 2.58. The normalized spacial score (nSPS) is 11.3. The van der Waals surface area contributed by atoms with Crippen molar-refractivity contribution >= 4 is 23.5 Å². The molecule has 0 aliphatic rings. The Hall–Kier alpha value is -2.40. The fourth-order valence-corrected chi connectivity index (χ4v) is 2.87. The molecule has 0 aromatic heterocycles. The van der Waals surface area contributed by atoms with Crippen molar-refractivity contribution < 1.29 is 23.4 Å². The van der Waals surface area contributed by atoms with Gasteiger partial charge < -0.3 is 9.84 Å². The molecule has 0 fully saturated rings. The van der Waals surface area contributed by atoms with Crippen molar-refractivity contribution in [3.8, 4) is 11.5 Å². The van der Waals surface area contributed by atoms with Crippen molar-refractivity contribution in [2.24, 2.45) is 0 Å². The van der Waals surface area contributed by atoms with Crippen LogP contribution in [0.4, 0.5) is 8.78 Å². The predicted octanol–water partition coefficient (Wildman–Crippen LogP) is 5.29. The van der Waals surface area contributed by atoms with Crippen LogP contribution in [0.25, 0.3) is 6.08 Å². The topological polar surface area (TPSA) is 46.5 Å². The first-order valence-corrected chi connectivity index (χ1v) is 8.51. The van der Waals surface area contributed by atoms with E-state index in [1.165, 1.54) is 18.2 Å². The number of phenolic OH excluding ortho intramolecular Hbond substituents is 1. The molecule has 0 unspecified atom stereocenters. The zero-order valence-corrected chi connectivity index (χ0v) is 15.2. The van der Waals surface area contributed by atoms with E-state index in [2.05, 4.69) is 4.74 Å². The van der Waals surface area contributed by atoms with Gasteiger partial charge in [-0.2, -0.15) is 8.78 Å². The monoisotopic (exact) mass is 380 g/mol. The lowest BCUT2D eigenvalue weighted by molar-refractivity contribution is -0.0507. The molecule has 0 heterocycles. The Kier molecular flexibility index (Phi) is 6.75. The third-order valence-electron chi connectivity index (χ3n) is 3.84. The lowest BCUT2D eigenvalue weighted by Gasteiger charge is -2.12. The molecule has 0 aliphatic carbocycles. The molecule has 0 saturated carbocycles. The van der Waals surface area contributed by atoms with Gasteiger partial charge in [0.05, 0.1) is 0 Å². The molecule has 0 amide bonds. The number of hydrogen-bond donors (Lipinski definition) is 1. The zero-order valence-electron chi connectivity index (χ0n) is 14.4. The van der Waals surface area contributed by atoms with Crippen molar-refractivity contribution in [1.29, 1.82) is 0 Å². The molecule has 2 aromatic carbocycles. The van der Waals surface area contributed by atoms with Crippen LogP contribution in [-0.2, 0) is 6.42 Å². The number of phenols is 1. The molecule has 2 rings (SSSR count). The maximum Gasteiger partial charge on any atom is 0.387 e. The second-order valence-electron chi connectivity index (χ2n) is 5.84. The summed E-state index contributed by atoms with van der Waals surface area (Å²) in [6.45, 7) is 0.455. The number of carbonyl (C=O) groups excluding carboxylic acids is 1. The van der Waals surface area contributed by atoms with E-state index in [-0.39, 0.29) is 17.3 Å². The minimum Gasteiger partial charge on any atom is -0.508 e. The number of halogens is 3. The minimum atomic E-state index is -2.88. The molecular formula is C20H19ClF2O3. The third-order valence-corrected chi connectivity index (χ3v) is 4.03. The zero-order chi connectivity index (χ0) is 19.3. The lowest BCUT2D eigenvalue weighted by Crippen LogP contribution is -2.05. The molecule has 0 aliphatic heterocycles. The number of carbonyl (C=O) groups is 1. The fraction of sp³-hybridized carbons (Fsp3) is 0.250. The highest BCUT2D eigenvalue weighted by molar-refractivity contribution is 6.18. The van der Waals surface area contributed by atoms with Gasteiger partial charge in [-0.25, -0.2) is 0 Å². The van der Waals surface area contributed by atoms with Crippen molar-refractivity contribution in [3.05, 3.63) is 64.2 Å². The van der Waals surface area contributed by atoms with E-state index in [9.17, 15) is 18.7 Å². The second kappa shape index (κ2) is 8.81. The molecule has 138 valence electrons. The Morgan fingerprint density at radius 1 is 1.23 bits per heavy atom. The van der Waals surface area contributed by atoms with Crippen LogP contribution in [0.15, 0.2) is 36.4 Å². The minimum absolute atomic E-state index is 0.104. The van der Waals surface area contributed by atoms with Crippen LogP contribution in [0.5, 0.6) is 11.5 Å². The highest BCUT2D eigenvalue weighted by Gasteiger charge is 2.11. The highest BCUT2D eigenvalue weighted by Crippen LogP contribution is 2.27. The quantitative estimate of drug-likeness (QED) is 0.403. The smallest absolute Gasteiger partial charge is 0.387 e. The molecule has 0 saturated heterocycles. The maximum atomic E-state index is 12.4. The molecule has 6 heteroatoms. The van der Waals surface area contributed by atoms with Gasteiger partial charge in [0.15, 0.2) is 5.78 Å². The predicted molar refractivity (Wildman–Crippen MR) is 98.4 cm³/mol. The van der Waals surface area contributed by atoms with E-state index in [0.29, 0.717) is 40.1 Å². The number of hydrogen-bond acceptors (Lipinski definition) is 3. The summed E-state index contributed by atoms with van der Waals surface area (Å²) in [5.74, 6) is 0.357. The second-order valence-corrected chi connectivity index (χ2v) is 6.22. The van der Waals surface area contributed by atoms with E-state index in [1.54, 1.807) is 38.1 Å². The maximum absolute atomic E-state index is 12.4. The van der Waals surface area contributed by atoms with E-state index in [0.717, 1.165) is 0 Å². The average molecular weight is 381 g/mol. The summed E-state index contributed by atoms with van der Waals surface area (Å²) in [6.07, 6.45) is 3.48. The van der Waals surface area contributed by atoms with Gasteiger partial charge in [0.1, 0.15) is 11.5 Å². The SMILES string of the molecule is Cc1cc(C=CC(=O)c2ccc(O)c(CCCl)c2)cc(C)c1OC(F)F. The van der Waals surface area contributed by atoms with Crippen LogP contribution in [0.2, 0.25) is 0 Å². The summed E-state index contributed by atoms with van der Waals surface area (Å²) in [4.78, 5) is 12.3. The van der Waals surface area contributed by atoms with Crippen molar-refractivity contribution in [2.45, 2.75) is 26.9 Å². The Labute approximate surface area is 155 Å². The van der Waals surface area contributed by atoms with Crippen LogP contribution in [0, 0.1) is 13.8 Å².